The SMILES string of the molecule is CCOC(=O)C1CCN(c2cnc(N[C@H]3C[C@@H](CC)N(C(=O)O)c4ccc(C(F)(F)F)cc43)nc2Cc2cc(C(F)(F)F)cc(C(F)(F)F)c2)CC1. The van der Waals surface area contributed by atoms with Crippen LogP contribution in [0.5, 0.6) is 0 Å². The average Bonchev–Trinajstić information content (AvgIpc) is 3.06. The van der Waals surface area contributed by atoms with Crippen molar-refractivity contribution in [2.24, 2.45) is 5.92 Å². The molecule has 2 atom stereocenters. The Morgan fingerprint density at radius 3 is 2.04 bits per heavy atom. The summed E-state index contributed by atoms with van der Waals surface area (Å²) in [6.45, 7) is 4.05. The fourth-order valence-corrected chi connectivity index (χ4v) is 6.64. The largest absolute Gasteiger partial charge is 0.466 e. The van der Waals surface area contributed by atoms with Crippen LogP contribution in [0.1, 0.15) is 79.1 Å². The maximum atomic E-state index is 13.8. The highest BCUT2D eigenvalue weighted by Gasteiger charge is 2.40. The Hall–Kier alpha value is -4.77. The first-order valence-corrected chi connectivity index (χ1v) is 16.4. The number of hydrogen-bond donors (Lipinski definition) is 2. The first-order valence-electron chi connectivity index (χ1n) is 16.4. The van der Waals surface area contributed by atoms with Gasteiger partial charge in [-0.1, -0.05) is 6.92 Å². The number of piperidine rings is 1. The number of nitrogens with one attached hydrogen (secondary N) is 1. The van der Waals surface area contributed by atoms with Gasteiger partial charge in [0.2, 0.25) is 5.95 Å². The fourth-order valence-electron chi connectivity index (χ4n) is 6.64. The van der Waals surface area contributed by atoms with Crippen LogP contribution in [-0.2, 0) is 34.5 Å². The number of anilines is 3. The zero-order valence-corrected chi connectivity index (χ0v) is 27.8. The third-order valence-corrected chi connectivity index (χ3v) is 9.16. The molecule has 0 spiro atoms. The van der Waals surface area contributed by atoms with Crippen molar-refractivity contribution >= 4 is 29.4 Å². The molecule has 9 nitrogen and oxygen atoms in total. The summed E-state index contributed by atoms with van der Waals surface area (Å²) in [5.74, 6) is -1.02. The van der Waals surface area contributed by atoms with E-state index in [-0.39, 0.29) is 72.7 Å². The van der Waals surface area contributed by atoms with E-state index in [0.29, 0.717) is 25.0 Å². The number of carbonyl (C=O) groups is 2. The van der Waals surface area contributed by atoms with Crippen LogP contribution >= 0.6 is 0 Å². The lowest BCUT2D eigenvalue weighted by atomic mass is 9.89. The number of amides is 1. The van der Waals surface area contributed by atoms with Crippen molar-refractivity contribution in [2.45, 2.75) is 76.6 Å². The molecule has 282 valence electrons. The number of aromatic nitrogens is 2. The van der Waals surface area contributed by atoms with Crippen LogP contribution in [0.3, 0.4) is 0 Å². The van der Waals surface area contributed by atoms with E-state index in [1.165, 1.54) is 6.20 Å². The number of alkyl halides is 9. The second-order valence-electron chi connectivity index (χ2n) is 12.5. The van der Waals surface area contributed by atoms with Gasteiger partial charge in [0.25, 0.3) is 0 Å². The second-order valence-corrected chi connectivity index (χ2v) is 12.5. The third kappa shape index (κ3) is 8.47. The summed E-state index contributed by atoms with van der Waals surface area (Å²) in [5.41, 5.74) is -4.18. The molecular weight excluding hydrogens is 713 g/mol. The fraction of sp³-hybridized carbons (Fsp3) is 0.471. The quantitative estimate of drug-likeness (QED) is 0.174. The summed E-state index contributed by atoms with van der Waals surface area (Å²) in [5, 5.41) is 12.9. The molecule has 1 amide bonds. The maximum absolute atomic E-state index is 13.8. The minimum atomic E-state index is -5.10. The highest BCUT2D eigenvalue weighted by molar-refractivity contribution is 5.89. The molecule has 2 N–H and O–H groups in total. The number of fused-ring (bicyclic) bond motifs is 1. The highest BCUT2D eigenvalue weighted by Crippen LogP contribution is 2.43. The maximum Gasteiger partial charge on any atom is 0.416 e. The topological polar surface area (TPSA) is 108 Å². The van der Waals surface area contributed by atoms with Crippen LogP contribution in [-0.4, -0.2) is 52.9 Å². The standard InChI is InChI=1S/C34H34F9N5O4/c1-3-23-16-25(24-15-20(32(35,36)37)5-6-27(24)48(23)31(50)51)45-30-44-17-28(47-9-7-19(8-10-47)29(49)52-4-2)26(46-30)13-18-11-21(33(38,39)40)14-22(12-18)34(41,42)43/h5-6,11-12,14-15,17,19,23,25H,3-4,7-10,13,16H2,1-2H3,(H,50,51)(H,44,45,46)/t23-,25+/m1/s1. The molecule has 2 aromatic carbocycles. The van der Waals surface area contributed by atoms with Crippen molar-refractivity contribution in [1.29, 1.82) is 0 Å². The van der Waals surface area contributed by atoms with Crippen molar-refractivity contribution in [3.8, 4) is 0 Å². The number of esters is 1. The van der Waals surface area contributed by atoms with Crippen LogP contribution in [0.4, 0.5) is 61.6 Å². The van der Waals surface area contributed by atoms with Gasteiger partial charge >= 0.3 is 30.6 Å². The number of hydrogen-bond acceptors (Lipinski definition) is 7. The lowest BCUT2D eigenvalue weighted by molar-refractivity contribution is -0.148. The predicted octanol–water partition coefficient (Wildman–Crippen LogP) is 8.72. The monoisotopic (exact) mass is 747 g/mol. The van der Waals surface area contributed by atoms with Gasteiger partial charge in [-0.25, -0.2) is 14.8 Å². The van der Waals surface area contributed by atoms with E-state index in [9.17, 15) is 54.2 Å². The van der Waals surface area contributed by atoms with Crippen LogP contribution in [0.25, 0.3) is 0 Å². The molecule has 3 aromatic rings. The van der Waals surface area contributed by atoms with Crippen LogP contribution in [0, 0.1) is 5.92 Å². The third-order valence-electron chi connectivity index (χ3n) is 9.16. The molecule has 5 rings (SSSR count). The molecule has 0 bridgehead atoms. The summed E-state index contributed by atoms with van der Waals surface area (Å²) in [6.07, 6.45) is -14.6. The smallest absolute Gasteiger partial charge is 0.416 e. The van der Waals surface area contributed by atoms with Gasteiger partial charge in [0.15, 0.2) is 0 Å². The number of benzene rings is 2. The summed E-state index contributed by atoms with van der Waals surface area (Å²) < 4.78 is 129. The van der Waals surface area contributed by atoms with Crippen LogP contribution in [0.15, 0.2) is 42.6 Å². The van der Waals surface area contributed by atoms with E-state index in [4.69, 9.17) is 4.74 Å². The minimum absolute atomic E-state index is 0.000982. The molecule has 1 saturated heterocycles. The summed E-state index contributed by atoms with van der Waals surface area (Å²) in [7, 11) is 0. The van der Waals surface area contributed by atoms with Gasteiger partial charge in [-0.2, -0.15) is 39.5 Å². The molecule has 0 aliphatic carbocycles. The molecule has 52 heavy (non-hydrogen) atoms. The Balaban J connectivity index is 1.57. The lowest BCUT2D eigenvalue weighted by Crippen LogP contribution is -2.45. The first kappa shape index (κ1) is 38.5. The van der Waals surface area contributed by atoms with Crippen molar-refractivity contribution in [2.75, 3.05) is 34.8 Å². The summed E-state index contributed by atoms with van der Waals surface area (Å²) in [4.78, 5) is 36.0. The number of ether oxygens (including phenoxy) is 1. The lowest BCUT2D eigenvalue weighted by Gasteiger charge is -2.39. The minimum Gasteiger partial charge on any atom is -0.466 e. The first-order chi connectivity index (χ1) is 24.3. The number of halogens is 9. The van der Waals surface area contributed by atoms with Gasteiger partial charge in [0.05, 0.1) is 58.5 Å². The molecule has 1 fully saturated rings. The highest BCUT2D eigenvalue weighted by atomic mass is 19.4. The van der Waals surface area contributed by atoms with Crippen molar-refractivity contribution in [3.63, 3.8) is 0 Å². The van der Waals surface area contributed by atoms with E-state index in [1.54, 1.807) is 18.7 Å². The molecule has 0 saturated carbocycles. The molecule has 3 heterocycles. The van der Waals surface area contributed by atoms with E-state index in [1.807, 2.05) is 0 Å². The van der Waals surface area contributed by atoms with Gasteiger partial charge < -0.3 is 20.1 Å². The number of nitrogens with zero attached hydrogens (tertiary/aromatic N) is 4. The molecule has 0 radical (unpaired) electrons. The summed E-state index contributed by atoms with van der Waals surface area (Å²) >= 11 is 0. The number of carboxylic acid groups (broad SMARTS) is 1. The Morgan fingerprint density at radius 2 is 1.50 bits per heavy atom. The van der Waals surface area contributed by atoms with Crippen LogP contribution < -0.4 is 15.1 Å². The van der Waals surface area contributed by atoms with Gasteiger partial charge in [0.1, 0.15) is 0 Å². The average molecular weight is 748 g/mol. The molecular formula is C34H34F9N5O4. The zero-order valence-electron chi connectivity index (χ0n) is 27.8. The van der Waals surface area contributed by atoms with E-state index in [0.717, 1.165) is 23.1 Å². The number of rotatable bonds is 8. The van der Waals surface area contributed by atoms with Gasteiger partial charge in [-0.05, 0) is 80.1 Å². The van der Waals surface area contributed by atoms with Crippen LogP contribution in [0.2, 0.25) is 0 Å². The molecule has 2 aliphatic rings. The van der Waals surface area contributed by atoms with Crippen molar-refractivity contribution < 1.29 is 58.9 Å². The van der Waals surface area contributed by atoms with E-state index < -0.39 is 71.7 Å². The van der Waals surface area contributed by atoms with Gasteiger partial charge in [-0.15, -0.1) is 0 Å². The second kappa shape index (κ2) is 14.7. The Bertz CT molecular complexity index is 1760. The molecule has 2 aliphatic heterocycles. The van der Waals surface area contributed by atoms with Crippen molar-refractivity contribution in [3.05, 3.63) is 76.1 Å². The molecule has 1 aromatic heterocycles. The van der Waals surface area contributed by atoms with Gasteiger partial charge in [0, 0.05) is 25.6 Å². The van der Waals surface area contributed by atoms with Crippen molar-refractivity contribution in [1.82, 2.24) is 9.97 Å². The zero-order chi connectivity index (χ0) is 38.2. The molecule has 0 unspecified atom stereocenters. The predicted molar refractivity (Wildman–Crippen MR) is 170 cm³/mol. The Morgan fingerprint density at radius 1 is 0.885 bits per heavy atom. The normalized spacial score (nSPS) is 18.6. The van der Waals surface area contributed by atoms with E-state index >= 15 is 0 Å². The Labute approximate surface area is 291 Å². The molecule has 18 heteroatoms. The van der Waals surface area contributed by atoms with E-state index in [2.05, 4.69) is 15.3 Å². The number of carbonyl (C=O) groups excluding carboxylic acids is 1. The Kier molecular flexibility index (Phi) is 10.9. The summed E-state index contributed by atoms with van der Waals surface area (Å²) in [6, 6.07) is 2.18. The van der Waals surface area contributed by atoms with Gasteiger partial charge in [-0.3, -0.25) is 9.69 Å².